The van der Waals surface area contributed by atoms with Gasteiger partial charge < -0.3 is 63.0 Å². The standard InChI is InChI=1S/C46H50N6O16/c1-23(53)63-22-38-41(64-24(2)54)42(65-25(3)55)40(46(68-38)66-26(4)56)50-44(59)37-16-27-15-28(11-12-34(27)67-37)49-43(58)33-17-29(21-51(33)5)48-39(57)10-8-14-62-36-19-32-31(18-35(36)61-6)45(60)52-13-7-9-30(52)20-47-32/h11-12,15-21,30,38,40-42,46H,7-10,13-14,22H2,1-6H3,(H,48,57)(H,49,58)(H,50,59). The molecular formula is C46H50N6O16. The second kappa shape index (κ2) is 20.8. The van der Waals surface area contributed by atoms with Crippen molar-refractivity contribution in [2.75, 3.05) is 37.5 Å². The van der Waals surface area contributed by atoms with Crippen molar-refractivity contribution in [3.63, 3.8) is 0 Å². The summed E-state index contributed by atoms with van der Waals surface area (Å²) in [6.45, 7) is 4.74. The van der Waals surface area contributed by atoms with E-state index in [0.717, 1.165) is 40.5 Å². The molecule has 6 atom stereocenters. The smallest absolute Gasteiger partial charge is 0.305 e. The lowest BCUT2D eigenvalue weighted by Crippen LogP contribution is -2.67. The zero-order valence-electron chi connectivity index (χ0n) is 38.0. The third kappa shape index (κ3) is 11.3. The molecule has 68 heavy (non-hydrogen) atoms. The van der Waals surface area contributed by atoms with Crippen molar-refractivity contribution in [3.8, 4) is 11.5 Å². The Morgan fingerprint density at radius 3 is 2.31 bits per heavy atom. The van der Waals surface area contributed by atoms with Gasteiger partial charge in [-0.1, -0.05) is 0 Å². The lowest BCUT2D eigenvalue weighted by molar-refractivity contribution is -0.270. The van der Waals surface area contributed by atoms with Crippen LogP contribution in [0.25, 0.3) is 11.0 Å². The predicted molar refractivity (Wildman–Crippen MR) is 238 cm³/mol. The molecule has 360 valence electrons. The van der Waals surface area contributed by atoms with Crippen LogP contribution in [0.4, 0.5) is 17.1 Å². The van der Waals surface area contributed by atoms with Crippen LogP contribution in [0.1, 0.15) is 84.8 Å². The number of fused-ring (bicyclic) bond motifs is 3. The molecule has 4 aromatic rings. The van der Waals surface area contributed by atoms with E-state index in [1.807, 2.05) is 4.90 Å². The number of anilines is 2. The number of ether oxygens (including phenoxy) is 7. The Balaban J connectivity index is 0.960. The molecule has 22 heteroatoms. The first-order chi connectivity index (χ1) is 32.5. The minimum Gasteiger partial charge on any atom is -0.493 e. The first kappa shape index (κ1) is 48.2. The summed E-state index contributed by atoms with van der Waals surface area (Å²) in [5.74, 6) is -4.45. The summed E-state index contributed by atoms with van der Waals surface area (Å²) in [7, 11) is 3.13. The summed E-state index contributed by atoms with van der Waals surface area (Å²) in [5, 5.41) is 8.58. The summed E-state index contributed by atoms with van der Waals surface area (Å²) in [4.78, 5) is 108. The number of amides is 4. The Bertz CT molecular complexity index is 2670. The molecule has 0 spiro atoms. The van der Waals surface area contributed by atoms with Crippen molar-refractivity contribution in [1.82, 2.24) is 14.8 Å². The van der Waals surface area contributed by atoms with Crippen molar-refractivity contribution < 1.29 is 75.9 Å². The van der Waals surface area contributed by atoms with Gasteiger partial charge in [0.15, 0.2) is 29.5 Å². The first-order valence-electron chi connectivity index (χ1n) is 21.6. The van der Waals surface area contributed by atoms with Gasteiger partial charge in [0.1, 0.15) is 30.0 Å². The molecule has 22 nitrogen and oxygen atoms in total. The second-order valence-corrected chi connectivity index (χ2v) is 16.2. The van der Waals surface area contributed by atoms with Crippen molar-refractivity contribution in [2.24, 2.45) is 12.0 Å². The highest BCUT2D eigenvalue weighted by atomic mass is 16.7. The van der Waals surface area contributed by atoms with Crippen LogP contribution in [0.3, 0.4) is 0 Å². The van der Waals surface area contributed by atoms with E-state index in [4.69, 9.17) is 37.6 Å². The van der Waals surface area contributed by atoms with Gasteiger partial charge in [-0.05, 0) is 55.7 Å². The maximum Gasteiger partial charge on any atom is 0.305 e. The second-order valence-electron chi connectivity index (χ2n) is 16.2. The zero-order chi connectivity index (χ0) is 48.8. The van der Waals surface area contributed by atoms with Crippen LogP contribution in [0.2, 0.25) is 0 Å². The third-order valence-corrected chi connectivity index (χ3v) is 11.1. The summed E-state index contributed by atoms with van der Waals surface area (Å²) in [6, 6.07) is 9.32. The van der Waals surface area contributed by atoms with Gasteiger partial charge in [-0.2, -0.15) is 0 Å². The number of furan rings is 1. The summed E-state index contributed by atoms with van der Waals surface area (Å²) >= 11 is 0. The zero-order valence-corrected chi connectivity index (χ0v) is 38.0. The summed E-state index contributed by atoms with van der Waals surface area (Å²) in [6.07, 6.45) is -0.210. The number of aryl methyl sites for hydroxylation is 1. The Labute approximate surface area is 388 Å². The van der Waals surface area contributed by atoms with E-state index in [0.29, 0.717) is 52.5 Å². The fourth-order valence-corrected chi connectivity index (χ4v) is 8.09. The van der Waals surface area contributed by atoms with E-state index in [1.54, 1.807) is 48.3 Å². The van der Waals surface area contributed by atoms with E-state index in [2.05, 4.69) is 20.9 Å². The summed E-state index contributed by atoms with van der Waals surface area (Å²) in [5.41, 5.74) is 2.12. The van der Waals surface area contributed by atoms with Crippen LogP contribution in [-0.2, 0) is 54.7 Å². The minimum absolute atomic E-state index is 0.0361. The molecule has 3 aliphatic rings. The van der Waals surface area contributed by atoms with Crippen LogP contribution in [-0.4, -0.2) is 127 Å². The predicted octanol–water partition coefficient (Wildman–Crippen LogP) is 3.96. The lowest BCUT2D eigenvalue weighted by Gasteiger charge is -2.44. The highest BCUT2D eigenvalue weighted by molar-refractivity contribution is 6.06. The fourth-order valence-electron chi connectivity index (χ4n) is 8.09. The van der Waals surface area contributed by atoms with Gasteiger partial charge in [-0.15, -0.1) is 0 Å². The van der Waals surface area contributed by atoms with Crippen LogP contribution >= 0.6 is 0 Å². The Kier molecular flexibility index (Phi) is 14.8. The molecule has 4 amide bonds. The number of benzene rings is 2. The monoisotopic (exact) mass is 942 g/mol. The van der Waals surface area contributed by atoms with Crippen LogP contribution < -0.4 is 25.4 Å². The van der Waals surface area contributed by atoms with Crippen molar-refractivity contribution in [2.45, 2.75) is 90.1 Å². The van der Waals surface area contributed by atoms with Gasteiger partial charge in [0, 0.05) is 77.3 Å². The molecule has 5 heterocycles. The number of hydrogen-bond acceptors (Lipinski definition) is 17. The number of rotatable bonds is 16. The van der Waals surface area contributed by atoms with Crippen molar-refractivity contribution >= 4 is 81.8 Å². The number of carbonyl (C=O) groups is 8. The number of methoxy groups -OCH3 is 1. The molecule has 2 saturated heterocycles. The van der Waals surface area contributed by atoms with Crippen LogP contribution in [0.15, 0.2) is 58.1 Å². The first-order valence-corrected chi connectivity index (χ1v) is 21.6. The number of nitrogens with zero attached hydrogens (tertiary/aromatic N) is 3. The number of esters is 4. The minimum atomic E-state index is -1.61. The largest absolute Gasteiger partial charge is 0.493 e. The highest BCUT2D eigenvalue weighted by Crippen LogP contribution is 2.38. The fraction of sp³-hybridized carbons (Fsp3) is 0.413. The molecule has 7 rings (SSSR count). The quantitative estimate of drug-likeness (QED) is 0.0815. The lowest BCUT2D eigenvalue weighted by atomic mass is 9.96. The van der Waals surface area contributed by atoms with Gasteiger partial charge in [0.05, 0.1) is 36.7 Å². The van der Waals surface area contributed by atoms with E-state index in [1.165, 1.54) is 25.3 Å². The SMILES string of the molecule is COc1cc2c(cc1OCCCC(=O)Nc1cc(C(=O)Nc3ccc4oc(C(=O)NC5C(OC(C)=O)OC(COC(C)=O)C(OC(C)=O)C5OC(C)=O)cc4c3)n(C)c1)N=CC1CCCN1C2=O. The van der Waals surface area contributed by atoms with Gasteiger partial charge in [-0.3, -0.25) is 43.3 Å². The molecule has 0 bridgehead atoms. The Morgan fingerprint density at radius 1 is 0.838 bits per heavy atom. The Hall–Kier alpha value is -7.75. The molecule has 3 aliphatic heterocycles. The number of hydrogen-bond donors (Lipinski definition) is 3. The van der Waals surface area contributed by atoms with Gasteiger partial charge in [-0.25, -0.2) is 0 Å². The molecule has 3 N–H and O–H groups in total. The van der Waals surface area contributed by atoms with Gasteiger partial charge in [0.2, 0.25) is 12.2 Å². The molecule has 0 aliphatic carbocycles. The number of carbonyl (C=O) groups excluding carboxylic acids is 8. The number of nitrogens with one attached hydrogen (secondary N) is 3. The highest BCUT2D eigenvalue weighted by Gasteiger charge is 2.52. The normalized spacial score (nSPS) is 20.6. The number of aromatic nitrogens is 1. The molecular weight excluding hydrogens is 893 g/mol. The van der Waals surface area contributed by atoms with Crippen molar-refractivity contribution in [1.29, 1.82) is 0 Å². The molecule has 2 aromatic carbocycles. The maximum atomic E-state index is 13.7. The average Bonchev–Trinajstić information content (AvgIpc) is 4.01. The molecule has 2 aromatic heterocycles. The van der Waals surface area contributed by atoms with E-state index >= 15 is 0 Å². The molecule has 0 saturated carbocycles. The van der Waals surface area contributed by atoms with Gasteiger partial charge >= 0.3 is 23.9 Å². The van der Waals surface area contributed by atoms with Gasteiger partial charge in [0.25, 0.3) is 17.7 Å². The average molecular weight is 943 g/mol. The maximum absolute atomic E-state index is 13.7. The molecule has 6 unspecified atom stereocenters. The Morgan fingerprint density at radius 2 is 1.59 bits per heavy atom. The van der Waals surface area contributed by atoms with E-state index in [-0.39, 0.29) is 47.9 Å². The third-order valence-electron chi connectivity index (χ3n) is 11.1. The van der Waals surface area contributed by atoms with E-state index in [9.17, 15) is 38.4 Å². The van der Waals surface area contributed by atoms with E-state index < -0.39 is 72.9 Å². The topological polar surface area (TPSA) is 271 Å². The summed E-state index contributed by atoms with van der Waals surface area (Å²) < 4.78 is 45.9. The van der Waals surface area contributed by atoms with Crippen LogP contribution in [0, 0.1) is 0 Å². The van der Waals surface area contributed by atoms with Crippen LogP contribution in [0.5, 0.6) is 11.5 Å². The molecule has 2 fully saturated rings. The van der Waals surface area contributed by atoms with Crippen molar-refractivity contribution in [3.05, 3.63) is 65.7 Å². The number of aliphatic imine (C=N–C) groups is 1. The molecule has 0 radical (unpaired) electrons.